The fourth-order valence-electron chi connectivity index (χ4n) is 2.42. The molecule has 2 rings (SSSR count). The van der Waals surface area contributed by atoms with Gasteiger partial charge in [0.05, 0.1) is 6.54 Å². The van der Waals surface area contributed by atoms with E-state index < -0.39 is 0 Å². The van der Waals surface area contributed by atoms with Crippen molar-refractivity contribution in [2.24, 2.45) is 12.0 Å². The van der Waals surface area contributed by atoms with Gasteiger partial charge in [-0.05, 0) is 12.1 Å². The molecule has 110 valence electrons. The third kappa shape index (κ3) is 3.31. The van der Waals surface area contributed by atoms with Gasteiger partial charge in [-0.15, -0.1) is 0 Å². The van der Waals surface area contributed by atoms with Crippen LogP contribution in [0, 0.1) is 0 Å². The van der Waals surface area contributed by atoms with Gasteiger partial charge in [0, 0.05) is 59.1 Å². The number of hydrogen-bond acceptors (Lipinski definition) is 2. The molecule has 20 heavy (non-hydrogen) atoms. The summed E-state index contributed by atoms with van der Waals surface area (Å²) >= 11 is 0. The average Bonchev–Trinajstić information content (AvgIpc) is 2.85. The summed E-state index contributed by atoms with van der Waals surface area (Å²) in [6.07, 6.45) is 2.03. The quantitative estimate of drug-likeness (QED) is 0.623. The van der Waals surface area contributed by atoms with Crippen molar-refractivity contribution in [2.75, 3.05) is 33.2 Å². The molecule has 0 unspecified atom stereocenters. The first kappa shape index (κ1) is 14.4. The minimum Gasteiger partial charge on any atom is -0.353 e. The van der Waals surface area contributed by atoms with E-state index in [4.69, 9.17) is 0 Å². The maximum absolute atomic E-state index is 11.3. The van der Waals surface area contributed by atoms with Gasteiger partial charge in [-0.25, -0.2) is 0 Å². The van der Waals surface area contributed by atoms with Crippen molar-refractivity contribution >= 4 is 11.9 Å². The Morgan fingerprint density at radius 2 is 1.95 bits per heavy atom. The average molecular weight is 277 g/mol. The van der Waals surface area contributed by atoms with Gasteiger partial charge in [0.15, 0.2) is 5.96 Å². The van der Waals surface area contributed by atoms with Crippen LogP contribution in [0.1, 0.15) is 12.6 Å². The zero-order valence-corrected chi connectivity index (χ0v) is 12.5. The van der Waals surface area contributed by atoms with Gasteiger partial charge in [0.25, 0.3) is 0 Å². The Balaban J connectivity index is 1.87. The van der Waals surface area contributed by atoms with Crippen LogP contribution in [0.2, 0.25) is 0 Å². The molecule has 0 saturated carbocycles. The SMILES string of the molecule is CN=C(NCc1cccn1C)N1CCN(C(C)=O)CC1. The number of carbonyl (C=O) groups excluding carboxylic acids is 1. The number of aryl methyl sites for hydroxylation is 1. The Hall–Kier alpha value is -1.98. The lowest BCUT2D eigenvalue weighted by molar-refractivity contribution is -0.130. The molecule has 0 spiro atoms. The van der Waals surface area contributed by atoms with E-state index in [0.717, 1.165) is 38.7 Å². The van der Waals surface area contributed by atoms with Gasteiger partial charge in [-0.3, -0.25) is 9.79 Å². The molecule has 1 N–H and O–H groups in total. The number of nitrogens with one attached hydrogen (secondary N) is 1. The minimum absolute atomic E-state index is 0.149. The van der Waals surface area contributed by atoms with Crippen LogP contribution in [0.5, 0.6) is 0 Å². The number of amides is 1. The van der Waals surface area contributed by atoms with E-state index in [1.807, 2.05) is 24.2 Å². The lowest BCUT2D eigenvalue weighted by Gasteiger charge is -2.36. The number of guanidine groups is 1. The second kappa shape index (κ2) is 6.45. The van der Waals surface area contributed by atoms with Crippen LogP contribution >= 0.6 is 0 Å². The van der Waals surface area contributed by atoms with E-state index in [-0.39, 0.29) is 5.91 Å². The maximum atomic E-state index is 11.3. The van der Waals surface area contributed by atoms with Crippen molar-refractivity contribution in [1.82, 2.24) is 19.7 Å². The first-order chi connectivity index (χ1) is 9.61. The molecule has 1 aromatic rings. The first-order valence-electron chi connectivity index (χ1n) is 6.93. The molecule has 0 bridgehead atoms. The summed E-state index contributed by atoms with van der Waals surface area (Å²) in [4.78, 5) is 19.7. The second-order valence-corrected chi connectivity index (χ2v) is 5.00. The summed E-state index contributed by atoms with van der Waals surface area (Å²) in [5, 5.41) is 3.38. The summed E-state index contributed by atoms with van der Waals surface area (Å²) in [7, 11) is 3.83. The van der Waals surface area contributed by atoms with Gasteiger partial charge < -0.3 is 19.7 Å². The molecule has 0 atom stereocenters. The van der Waals surface area contributed by atoms with Gasteiger partial charge in [-0.1, -0.05) is 0 Å². The van der Waals surface area contributed by atoms with Gasteiger partial charge >= 0.3 is 0 Å². The van der Waals surface area contributed by atoms with Crippen LogP contribution < -0.4 is 5.32 Å². The Labute approximate surface area is 120 Å². The smallest absolute Gasteiger partial charge is 0.219 e. The maximum Gasteiger partial charge on any atom is 0.219 e. The second-order valence-electron chi connectivity index (χ2n) is 5.00. The van der Waals surface area contributed by atoms with Crippen molar-refractivity contribution in [3.05, 3.63) is 24.0 Å². The van der Waals surface area contributed by atoms with Gasteiger partial charge in [0.2, 0.25) is 5.91 Å². The van der Waals surface area contributed by atoms with Crippen LogP contribution in [-0.2, 0) is 18.4 Å². The fraction of sp³-hybridized carbons (Fsp3) is 0.571. The molecule has 0 radical (unpaired) electrons. The molecule has 1 saturated heterocycles. The largest absolute Gasteiger partial charge is 0.353 e. The van der Waals surface area contributed by atoms with Crippen molar-refractivity contribution in [3.63, 3.8) is 0 Å². The molecule has 2 heterocycles. The van der Waals surface area contributed by atoms with Gasteiger partial charge in [0.1, 0.15) is 0 Å². The Morgan fingerprint density at radius 3 is 2.45 bits per heavy atom. The number of aliphatic imine (C=N–C) groups is 1. The van der Waals surface area contributed by atoms with Crippen molar-refractivity contribution in [2.45, 2.75) is 13.5 Å². The number of piperazine rings is 1. The molecule has 6 heteroatoms. The van der Waals surface area contributed by atoms with Crippen LogP contribution in [0.3, 0.4) is 0 Å². The van der Waals surface area contributed by atoms with E-state index >= 15 is 0 Å². The highest BCUT2D eigenvalue weighted by molar-refractivity contribution is 5.80. The minimum atomic E-state index is 0.149. The van der Waals surface area contributed by atoms with Crippen LogP contribution in [-0.4, -0.2) is 59.5 Å². The monoisotopic (exact) mass is 277 g/mol. The highest BCUT2D eigenvalue weighted by atomic mass is 16.2. The Bertz CT molecular complexity index is 486. The lowest BCUT2D eigenvalue weighted by Crippen LogP contribution is -2.53. The van der Waals surface area contributed by atoms with E-state index in [2.05, 4.69) is 25.8 Å². The van der Waals surface area contributed by atoms with E-state index in [9.17, 15) is 4.79 Å². The standard InChI is InChI=1S/C14H23N5O/c1-12(20)18-7-9-19(10-8-18)14(15-2)16-11-13-5-4-6-17(13)3/h4-6H,7-11H2,1-3H3,(H,15,16). The topological polar surface area (TPSA) is 52.9 Å². The summed E-state index contributed by atoms with van der Waals surface area (Å²) in [6.45, 7) is 5.56. The Morgan fingerprint density at radius 1 is 1.30 bits per heavy atom. The third-order valence-electron chi connectivity index (χ3n) is 3.72. The molecule has 1 aliphatic rings. The highest BCUT2D eigenvalue weighted by Gasteiger charge is 2.20. The fourth-order valence-corrected chi connectivity index (χ4v) is 2.42. The van der Waals surface area contributed by atoms with Crippen LogP contribution in [0.4, 0.5) is 0 Å². The molecule has 1 amide bonds. The number of aromatic nitrogens is 1. The Kier molecular flexibility index (Phi) is 4.65. The normalized spacial score (nSPS) is 16.4. The third-order valence-corrected chi connectivity index (χ3v) is 3.72. The van der Waals surface area contributed by atoms with E-state index in [1.54, 1.807) is 14.0 Å². The molecule has 6 nitrogen and oxygen atoms in total. The molecule has 1 aliphatic heterocycles. The highest BCUT2D eigenvalue weighted by Crippen LogP contribution is 2.04. The number of hydrogen-bond donors (Lipinski definition) is 1. The number of rotatable bonds is 2. The lowest BCUT2D eigenvalue weighted by atomic mass is 10.3. The van der Waals surface area contributed by atoms with E-state index in [0.29, 0.717) is 0 Å². The summed E-state index contributed by atoms with van der Waals surface area (Å²) in [5.41, 5.74) is 1.22. The molecule has 1 fully saturated rings. The number of carbonyl (C=O) groups is 1. The predicted molar refractivity (Wildman–Crippen MR) is 79.4 cm³/mol. The van der Waals surface area contributed by atoms with Crippen molar-refractivity contribution in [3.8, 4) is 0 Å². The zero-order valence-electron chi connectivity index (χ0n) is 12.5. The molecular formula is C14H23N5O. The number of nitrogens with zero attached hydrogens (tertiary/aromatic N) is 4. The van der Waals surface area contributed by atoms with E-state index in [1.165, 1.54) is 5.69 Å². The summed E-state index contributed by atoms with van der Waals surface area (Å²) < 4.78 is 2.09. The predicted octanol–water partition coefficient (Wildman–Crippen LogP) is 0.265. The molecular weight excluding hydrogens is 254 g/mol. The molecule has 0 aliphatic carbocycles. The summed E-state index contributed by atoms with van der Waals surface area (Å²) in [5.74, 6) is 1.05. The first-order valence-corrected chi connectivity index (χ1v) is 6.93. The summed E-state index contributed by atoms with van der Waals surface area (Å²) in [6, 6.07) is 4.12. The molecule has 1 aromatic heterocycles. The molecule has 0 aromatic carbocycles. The van der Waals surface area contributed by atoms with Crippen LogP contribution in [0.15, 0.2) is 23.3 Å². The zero-order chi connectivity index (χ0) is 14.5. The van der Waals surface area contributed by atoms with Crippen molar-refractivity contribution in [1.29, 1.82) is 0 Å². The van der Waals surface area contributed by atoms with Crippen molar-refractivity contribution < 1.29 is 4.79 Å². The van der Waals surface area contributed by atoms with Crippen LogP contribution in [0.25, 0.3) is 0 Å². The van der Waals surface area contributed by atoms with Gasteiger partial charge in [-0.2, -0.15) is 0 Å².